The summed E-state index contributed by atoms with van der Waals surface area (Å²) >= 11 is 0. The number of aromatic nitrogens is 1. The van der Waals surface area contributed by atoms with E-state index in [9.17, 15) is 18.0 Å². The highest BCUT2D eigenvalue weighted by atomic mass is 32.2. The molecule has 10 heteroatoms. The first-order valence-electron chi connectivity index (χ1n) is 7.41. The summed E-state index contributed by atoms with van der Waals surface area (Å²) in [5.74, 6) is 0.652. The Morgan fingerprint density at radius 3 is 2.80 bits per heavy atom. The van der Waals surface area contributed by atoms with Gasteiger partial charge in [-0.05, 0) is 23.8 Å². The summed E-state index contributed by atoms with van der Waals surface area (Å²) < 4.78 is 28.9. The van der Waals surface area contributed by atoms with Crippen LogP contribution in [0.2, 0.25) is 0 Å². The molecule has 0 unspecified atom stereocenters. The SMILES string of the molecule is CS(=O)(=O)N1CCN(C(=O)NCc2cncc(-c3ccco3)c2)C1=O. The number of nitrogens with zero attached hydrogens (tertiary/aromatic N) is 3. The van der Waals surface area contributed by atoms with Gasteiger partial charge in [0.25, 0.3) is 0 Å². The second-order valence-electron chi connectivity index (χ2n) is 5.49. The molecule has 0 bridgehead atoms. The molecule has 3 heterocycles. The van der Waals surface area contributed by atoms with Crippen molar-refractivity contribution < 1.29 is 22.4 Å². The van der Waals surface area contributed by atoms with E-state index >= 15 is 0 Å². The predicted molar refractivity (Wildman–Crippen MR) is 87.8 cm³/mol. The Morgan fingerprint density at radius 1 is 1.36 bits per heavy atom. The molecule has 3 rings (SSSR count). The van der Waals surface area contributed by atoms with Gasteiger partial charge >= 0.3 is 12.1 Å². The highest BCUT2D eigenvalue weighted by Gasteiger charge is 2.37. The lowest BCUT2D eigenvalue weighted by Gasteiger charge is -2.16. The maximum absolute atomic E-state index is 12.1. The van der Waals surface area contributed by atoms with E-state index in [1.165, 1.54) is 0 Å². The van der Waals surface area contributed by atoms with Crippen molar-refractivity contribution in [2.45, 2.75) is 6.54 Å². The molecule has 1 fully saturated rings. The van der Waals surface area contributed by atoms with Crippen LogP contribution in [0.1, 0.15) is 5.56 Å². The fraction of sp³-hybridized carbons (Fsp3) is 0.267. The number of imide groups is 1. The lowest BCUT2D eigenvalue weighted by molar-refractivity contribution is 0.193. The first kappa shape index (κ1) is 17.0. The van der Waals surface area contributed by atoms with Crippen LogP contribution < -0.4 is 5.32 Å². The smallest absolute Gasteiger partial charge is 0.341 e. The van der Waals surface area contributed by atoms with Crippen LogP contribution in [-0.2, 0) is 16.6 Å². The molecule has 0 radical (unpaired) electrons. The van der Waals surface area contributed by atoms with E-state index < -0.39 is 22.1 Å². The maximum Gasteiger partial charge on any atom is 0.341 e. The van der Waals surface area contributed by atoms with Crippen molar-refractivity contribution in [1.29, 1.82) is 0 Å². The monoisotopic (exact) mass is 364 g/mol. The van der Waals surface area contributed by atoms with Crippen molar-refractivity contribution in [1.82, 2.24) is 19.5 Å². The van der Waals surface area contributed by atoms with Gasteiger partial charge in [0.15, 0.2) is 0 Å². The molecule has 1 N–H and O–H groups in total. The second-order valence-corrected chi connectivity index (χ2v) is 7.39. The van der Waals surface area contributed by atoms with E-state index in [2.05, 4.69) is 10.3 Å². The number of carbonyl (C=O) groups is 2. The van der Waals surface area contributed by atoms with Crippen molar-refractivity contribution in [3.63, 3.8) is 0 Å². The fourth-order valence-electron chi connectivity index (χ4n) is 2.45. The molecular formula is C15H16N4O5S. The summed E-state index contributed by atoms with van der Waals surface area (Å²) in [7, 11) is -3.67. The molecule has 0 spiro atoms. The largest absolute Gasteiger partial charge is 0.464 e. The number of amides is 4. The molecule has 1 saturated heterocycles. The average Bonchev–Trinajstić information content (AvgIpc) is 3.22. The molecule has 132 valence electrons. The zero-order chi connectivity index (χ0) is 18.0. The number of nitrogens with one attached hydrogen (secondary N) is 1. The number of rotatable bonds is 4. The van der Waals surface area contributed by atoms with Gasteiger partial charge in [0.2, 0.25) is 10.0 Å². The number of hydrogen-bond donors (Lipinski definition) is 1. The molecular weight excluding hydrogens is 348 g/mol. The summed E-state index contributed by atoms with van der Waals surface area (Å²) in [6.45, 7) is 0.117. The van der Waals surface area contributed by atoms with Gasteiger partial charge in [-0.15, -0.1) is 0 Å². The minimum atomic E-state index is -3.67. The van der Waals surface area contributed by atoms with Crippen LogP contribution in [0, 0.1) is 0 Å². The van der Waals surface area contributed by atoms with Crippen LogP contribution in [0.5, 0.6) is 0 Å². The van der Waals surface area contributed by atoms with Gasteiger partial charge in [-0.25, -0.2) is 27.2 Å². The van der Waals surface area contributed by atoms with E-state index in [1.54, 1.807) is 36.9 Å². The molecule has 1 aliphatic rings. The Hall–Kier alpha value is -2.88. The molecule has 4 amide bonds. The Balaban J connectivity index is 1.64. The van der Waals surface area contributed by atoms with Crippen LogP contribution in [0.4, 0.5) is 9.59 Å². The lowest BCUT2D eigenvalue weighted by atomic mass is 10.1. The number of sulfonamides is 1. The van der Waals surface area contributed by atoms with Gasteiger partial charge in [-0.1, -0.05) is 0 Å². The summed E-state index contributed by atoms with van der Waals surface area (Å²) in [6.07, 6.45) is 5.70. The fourth-order valence-corrected chi connectivity index (χ4v) is 3.24. The number of pyridine rings is 1. The lowest BCUT2D eigenvalue weighted by Crippen LogP contribution is -2.43. The number of carbonyl (C=O) groups excluding carboxylic acids is 2. The van der Waals surface area contributed by atoms with E-state index in [1.807, 2.05) is 0 Å². The van der Waals surface area contributed by atoms with Crippen LogP contribution in [0.3, 0.4) is 0 Å². The highest BCUT2D eigenvalue weighted by Crippen LogP contribution is 2.19. The van der Waals surface area contributed by atoms with Gasteiger partial charge in [-0.2, -0.15) is 0 Å². The van der Waals surface area contributed by atoms with Crippen molar-refractivity contribution in [3.8, 4) is 11.3 Å². The zero-order valence-electron chi connectivity index (χ0n) is 13.4. The highest BCUT2D eigenvalue weighted by molar-refractivity contribution is 7.88. The van der Waals surface area contributed by atoms with Gasteiger partial charge < -0.3 is 9.73 Å². The molecule has 2 aromatic heterocycles. The van der Waals surface area contributed by atoms with Crippen molar-refractivity contribution in [2.75, 3.05) is 19.3 Å². The first-order chi connectivity index (χ1) is 11.9. The molecule has 9 nitrogen and oxygen atoms in total. The van der Waals surface area contributed by atoms with Gasteiger partial charge in [-0.3, -0.25) is 4.98 Å². The normalized spacial score (nSPS) is 14.8. The van der Waals surface area contributed by atoms with Crippen molar-refractivity contribution >= 4 is 22.1 Å². The minimum Gasteiger partial charge on any atom is -0.464 e. The molecule has 25 heavy (non-hydrogen) atoms. The van der Waals surface area contributed by atoms with E-state index in [0.717, 1.165) is 16.7 Å². The summed E-state index contributed by atoms with van der Waals surface area (Å²) in [5, 5.41) is 2.59. The molecule has 0 atom stereocenters. The van der Waals surface area contributed by atoms with Gasteiger partial charge in [0.05, 0.1) is 25.6 Å². The quantitative estimate of drug-likeness (QED) is 0.873. The predicted octanol–water partition coefficient (Wildman–Crippen LogP) is 1.25. The molecule has 0 saturated carbocycles. The van der Waals surface area contributed by atoms with Crippen LogP contribution >= 0.6 is 0 Å². The molecule has 1 aliphatic heterocycles. The van der Waals surface area contributed by atoms with Crippen LogP contribution in [0.25, 0.3) is 11.3 Å². The Kier molecular flexibility index (Phi) is 4.45. The molecule has 0 aromatic carbocycles. The van der Waals surface area contributed by atoms with Gasteiger partial charge in [0.1, 0.15) is 5.76 Å². The van der Waals surface area contributed by atoms with Crippen LogP contribution in [0.15, 0.2) is 41.3 Å². The maximum atomic E-state index is 12.1. The van der Waals surface area contributed by atoms with E-state index in [-0.39, 0.29) is 19.6 Å². The Bertz CT molecular complexity index is 894. The minimum absolute atomic E-state index is 0.0163. The van der Waals surface area contributed by atoms with E-state index in [4.69, 9.17) is 4.42 Å². The standard InChI is InChI=1S/C15H16N4O5S/c1-25(22,23)19-5-4-18(15(19)21)14(20)17-9-11-7-12(10-16-8-11)13-3-2-6-24-13/h2-3,6-8,10H,4-5,9H2,1H3,(H,17,20). The first-order valence-corrected chi connectivity index (χ1v) is 9.26. The van der Waals surface area contributed by atoms with Crippen molar-refractivity contribution in [2.24, 2.45) is 0 Å². The number of furan rings is 1. The third-order valence-electron chi connectivity index (χ3n) is 3.66. The average molecular weight is 364 g/mol. The topological polar surface area (TPSA) is 113 Å². The third-order valence-corrected chi connectivity index (χ3v) is 4.80. The summed E-state index contributed by atoms with van der Waals surface area (Å²) in [6, 6.07) is 3.86. The van der Waals surface area contributed by atoms with Crippen molar-refractivity contribution in [3.05, 3.63) is 42.4 Å². The second kappa shape index (κ2) is 6.55. The number of urea groups is 2. The summed E-state index contributed by atoms with van der Waals surface area (Å²) in [4.78, 5) is 29.1. The summed E-state index contributed by atoms with van der Waals surface area (Å²) in [5.41, 5.74) is 1.48. The zero-order valence-corrected chi connectivity index (χ0v) is 14.2. The molecule has 2 aromatic rings. The Morgan fingerprint density at radius 2 is 2.16 bits per heavy atom. The van der Waals surface area contributed by atoms with E-state index in [0.29, 0.717) is 15.6 Å². The third kappa shape index (κ3) is 3.63. The molecule has 0 aliphatic carbocycles. The Labute approximate surface area is 144 Å². The van der Waals surface area contributed by atoms with Gasteiger partial charge in [0, 0.05) is 24.5 Å². The van der Waals surface area contributed by atoms with Crippen LogP contribution in [-0.4, -0.2) is 54.0 Å². The number of hydrogen-bond acceptors (Lipinski definition) is 6.